The van der Waals surface area contributed by atoms with Gasteiger partial charge in [0.1, 0.15) is 41.1 Å². The van der Waals surface area contributed by atoms with Gasteiger partial charge >= 0.3 is 0 Å². The van der Waals surface area contributed by atoms with E-state index in [1.165, 1.54) is 6.33 Å². The van der Waals surface area contributed by atoms with Crippen molar-refractivity contribution < 1.29 is 28.8 Å². The third kappa shape index (κ3) is 6.44. The van der Waals surface area contributed by atoms with Crippen molar-refractivity contribution in [2.24, 2.45) is 0 Å². The van der Waals surface area contributed by atoms with Crippen molar-refractivity contribution in [3.05, 3.63) is 150 Å². The first-order valence-electron chi connectivity index (χ1n) is 16.5. The normalized spacial score (nSPS) is 17.5. The molecule has 0 radical (unpaired) electrons. The lowest BCUT2D eigenvalue weighted by molar-refractivity contribution is -0.0528. The maximum absolute atomic E-state index is 12.8. The average molecular weight is 671 g/mol. The first-order valence-corrected chi connectivity index (χ1v) is 16.5. The molecule has 254 valence electrons. The standard InChI is InChI=1S/C40H38N4O6/c1-47-31-17-13-29(14-18-31)40(28-11-7-4-8-12-28,30-15-19-32(48-2)20-16-30)49-24-22-35-34(45)25-36(50-35)44-23-21-33-37(41-26-42-38(33)44)43-39(46)27-9-5-3-6-10-27/h3-21,23,26,34-36,45H,22,24-25H2,1-2H3,(H,41,42,43,46)/t34-,35+,36+/m0/s1. The fourth-order valence-corrected chi connectivity index (χ4v) is 6.62. The predicted molar refractivity (Wildman–Crippen MR) is 189 cm³/mol. The van der Waals surface area contributed by atoms with Gasteiger partial charge in [-0.15, -0.1) is 0 Å². The summed E-state index contributed by atoms with van der Waals surface area (Å²) in [5.74, 6) is 1.63. The van der Waals surface area contributed by atoms with Crippen molar-refractivity contribution in [2.45, 2.75) is 36.9 Å². The second kappa shape index (κ2) is 14.5. The summed E-state index contributed by atoms with van der Waals surface area (Å²) in [5, 5.41) is 14.8. The molecule has 3 heterocycles. The summed E-state index contributed by atoms with van der Waals surface area (Å²) >= 11 is 0. The van der Waals surface area contributed by atoms with Crippen LogP contribution in [0.3, 0.4) is 0 Å². The molecule has 0 unspecified atom stereocenters. The van der Waals surface area contributed by atoms with Gasteiger partial charge in [0, 0.05) is 18.2 Å². The van der Waals surface area contributed by atoms with Crippen molar-refractivity contribution >= 4 is 22.8 Å². The van der Waals surface area contributed by atoms with Crippen LogP contribution in [0.1, 0.15) is 46.1 Å². The first kappa shape index (κ1) is 33.0. The largest absolute Gasteiger partial charge is 0.497 e. The van der Waals surface area contributed by atoms with E-state index in [2.05, 4.69) is 27.4 Å². The number of ether oxygens (including phenoxy) is 4. The zero-order valence-corrected chi connectivity index (χ0v) is 27.8. The average Bonchev–Trinajstić information content (AvgIpc) is 3.78. The van der Waals surface area contributed by atoms with E-state index in [1.54, 1.807) is 26.4 Å². The van der Waals surface area contributed by atoms with Gasteiger partial charge in [0.15, 0.2) is 0 Å². The molecule has 2 N–H and O–H groups in total. The summed E-state index contributed by atoms with van der Waals surface area (Å²) < 4.78 is 26.3. The zero-order chi connectivity index (χ0) is 34.5. The minimum Gasteiger partial charge on any atom is -0.497 e. The highest BCUT2D eigenvalue weighted by molar-refractivity contribution is 6.07. The number of fused-ring (bicyclic) bond motifs is 1. The Hall–Kier alpha value is -5.55. The van der Waals surface area contributed by atoms with Gasteiger partial charge in [-0.05, 0) is 65.6 Å². The summed E-state index contributed by atoms with van der Waals surface area (Å²) in [4.78, 5) is 21.7. The molecule has 1 aliphatic rings. The minimum absolute atomic E-state index is 0.262. The van der Waals surface area contributed by atoms with Crippen LogP contribution in [0.4, 0.5) is 5.82 Å². The Labute approximate surface area is 290 Å². The summed E-state index contributed by atoms with van der Waals surface area (Å²) in [5.41, 5.74) is 2.95. The molecule has 0 aliphatic carbocycles. The van der Waals surface area contributed by atoms with Crippen LogP contribution in [0, 0.1) is 0 Å². The Kier molecular flexibility index (Phi) is 9.57. The molecular formula is C40H38N4O6. The summed E-state index contributed by atoms with van der Waals surface area (Å²) in [6.45, 7) is 0.283. The highest BCUT2D eigenvalue weighted by Crippen LogP contribution is 2.42. The van der Waals surface area contributed by atoms with E-state index in [4.69, 9.17) is 18.9 Å². The molecular weight excluding hydrogens is 632 g/mol. The second-order valence-electron chi connectivity index (χ2n) is 12.1. The molecule has 50 heavy (non-hydrogen) atoms. The molecule has 1 amide bonds. The lowest BCUT2D eigenvalue weighted by atomic mass is 9.80. The molecule has 10 heteroatoms. The van der Waals surface area contributed by atoms with Crippen molar-refractivity contribution in [3.8, 4) is 11.5 Å². The van der Waals surface area contributed by atoms with Gasteiger partial charge in [-0.2, -0.15) is 0 Å². The number of anilines is 1. The number of benzene rings is 4. The second-order valence-corrected chi connectivity index (χ2v) is 12.1. The molecule has 0 spiro atoms. The third-order valence-corrected chi connectivity index (χ3v) is 9.19. The van der Waals surface area contributed by atoms with Crippen LogP contribution in [0.5, 0.6) is 11.5 Å². The number of methoxy groups -OCH3 is 2. The molecule has 1 saturated heterocycles. The molecule has 10 nitrogen and oxygen atoms in total. The third-order valence-electron chi connectivity index (χ3n) is 9.19. The monoisotopic (exact) mass is 670 g/mol. The van der Waals surface area contributed by atoms with Gasteiger partial charge in [0.05, 0.1) is 38.4 Å². The molecule has 4 aromatic carbocycles. The number of nitrogens with zero attached hydrogens (tertiary/aromatic N) is 3. The van der Waals surface area contributed by atoms with Crippen LogP contribution in [0.2, 0.25) is 0 Å². The molecule has 0 bridgehead atoms. The van der Waals surface area contributed by atoms with E-state index in [9.17, 15) is 9.90 Å². The number of amides is 1. The number of carbonyl (C=O) groups excluding carboxylic acids is 1. The van der Waals surface area contributed by atoms with Crippen LogP contribution >= 0.6 is 0 Å². The number of aliphatic hydroxyl groups is 1. The highest BCUT2D eigenvalue weighted by atomic mass is 16.5. The molecule has 7 rings (SSSR count). The van der Waals surface area contributed by atoms with Crippen molar-refractivity contribution in [1.29, 1.82) is 0 Å². The maximum Gasteiger partial charge on any atom is 0.256 e. The van der Waals surface area contributed by atoms with E-state index in [1.807, 2.05) is 102 Å². The van der Waals surface area contributed by atoms with E-state index in [-0.39, 0.29) is 12.5 Å². The molecule has 6 aromatic rings. The number of nitrogens with one attached hydrogen (secondary N) is 1. The van der Waals surface area contributed by atoms with E-state index in [0.29, 0.717) is 35.3 Å². The number of hydrogen-bond donors (Lipinski definition) is 2. The highest BCUT2D eigenvalue weighted by Gasteiger charge is 2.40. The van der Waals surface area contributed by atoms with E-state index < -0.39 is 24.0 Å². The smallest absolute Gasteiger partial charge is 0.256 e. The van der Waals surface area contributed by atoms with Gasteiger partial charge in [-0.25, -0.2) is 9.97 Å². The zero-order valence-electron chi connectivity index (χ0n) is 27.8. The van der Waals surface area contributed by atoms with E-state index >= 15 is 0 Å². The Bertz CT molecular complexity index is 1990. The van der Waals surface area contributed by atoms with Crippen LogP contribution in [-0.4, -0.2) is 58.6 Å². The Morgan fingerprint density at radius 2 is 1.44 bits per heavy atom. The van der Waals surface area contributed by atoms with Crippen LogP contribution in [-0.2, 0) is 15.1 Å². The van der Waals surface area contributed by atoms with Gasteiger partial charge < -0.3 is 33.9 Å². The summed E-state index contributed by atoms with van der Waals surface area (Å²) in [6, 6.07) is 36.7. The van der Waals surface area contributed by atoms with Crippen molar-refractivity contribution in [3.63, 3.8) is 0 Å². The molecule has 2 aromatic heterocycles. The SMILES string of the molecule is COc1ccc(C(OCC[C@H]2O[C@@H](n3ccc4c(NC(=O)c5ccccc5)ncnc43)C[C@@H]2O)(c2ccccc2)c2ccc(OC)cc2)cc1. The summed E-state index contributed by atoms with van der Waals surface area (Å²) in [6.07, 6.45) is 2.38. The van der Waals surface area contributed by atoms with Gasteiger partial charge in [-0.1, -0.05) is 72.8 Å². The van der Waals surface area contributed by atoms with Crippen molar-refractivity contribution in [1.82, 2.24) is 14.5 Å². The fourth-order valence-electron chi connectivity index (χ4n) is 6.62. The lowest BCUT2D eigenvalue weighted by Crippen LogP contribution is -2.34. The van der Waals surface area contributed by atoms with Crippen molar-refractivity contribution in [2.75, 3.05) is 26.1 Å². The maximum atomic E-state index is 12.8. The minimum atomic E-state index is -0.975. The van der Waals surface area contributed by atoms with Gasteiger partial charge in [0.2, 0.25) is 0 Å². The first-order chi connectivity index (χ1) is 24.5. The number of hydrogen-bond acceptors (Lipinski definition) is 8. The molecule has 0 saturated carbocycles. The van der Waals surface area contributed by atoms with Gasteiger partial charge in [0.25, 0.3) is 5.91 Å². The number of carbonyl (C=O) groups is 1. The van der Waals surface area contributed by atoms with Crippen LogP contribution in [0.25, 0.3) is 11.0 Å². The number of aromatic nitrogens is 3. The Balaban J connectivity index is 1.12. The fraction of sp³-hybridized carbons (Fsp3) is 0.225. The Morgan fingerprint density at radius 1 is 0.840 bits per heavy atom. The Morgan fingerprint density at radius 3 is 2.06 bits per heavy atom. The molecule has 1 fully saturated rings. The molecule has 3 atom stereocenters. The predicted octanol–water partition coefficient (Wildman–Crippen LogP) is 6.75. The quantitative estimate of drug-likeness (QED) is 0.138. The molecule has 1 aliphatic heterocycles. The van der Waals surface area contributed by atoms with Crippen LogP contribution < -0.4 is 14.8 Å². The van der Waals surface area contributed by atoms with E-state index in [0.717, 1.165) is 28.2 Å². The van der Waals surface area contributed by atoms with Gasteiger partial charge in [-0.3, -0.25) is 4.79 Å². The lowest BCUT2D eigenvalue weighted by Gasteiger charge is -2.36. The topological polar surface area (TPSA) is 117 Å². The number of rotatable bonds is 12. The summed E-state index contributed by atoms with van der Waals surface area (Å²) in [7, 11) is 3.29. The van der Waals surface area contributed by atoms with Crippen LogP contribution in [0.15, 0.2) is 128 Å². The number of aliphatic hydroxyl groups excluding tert-OH is 1.